The lowest BCUT2D eigenvalue weighted by Gasteiger charge is -2.19. The summed E-state index contributed by atoms with van der Waals surface area (Å²) in [5.41, 5.74) is 0.623. The van der Waals surface area contributed by atoms with Crippen LogP contribution in [0.1, 0.15) is 48.7 Å². The Morgan fingerprint density at radius 2 is 2.00 bits per heavy atom. The Morgan fingerprint density at radius 1 is 1.28 bits per heavy atom. The third kappa shape index (κ3) is 3.33. The highest BCUT2D eigenvalue weighted by Gasteiger charge is 2.43. The van der Waals surface area contributed by atoms with Gasteiger partial charge in [0.1, 0.15) is 0 Å². The molecule has 3 aromatic heterocycles. The predicted octanol–water partition coefficient (Wildman–Crippen LogP) is 4.51. The summed E-state index contributed by atoms with van der Waals surface area (Å²) in [7, 11) is 0. The largest absolute Gasteiger partial charge is 0.418 e. The fourth-order valence-corrected chi connectivity index (χ4v) is 4.09. The van der Waals surface area contributed by atoms with Crippen LogP contribution in [0.2, 0.25) is 5.15 Å². The first-order valence-electron chi connectivity index (χ1n) is 8.87. The van der Waals surface area contributed by atoms with E-state index in [1.165, 1.54) is 13.1 Å². The van der Waals surface area contributed by atoms with E-state index in [1.54, 1.807) is 16.8 Å². The third-order valence-corrected chi connectivity index (χ3v) is 5.37. The Kier molecular flexibility index (Phi) is 4.34. The van der Waals surface area contributed by atoms with Crippen LogP contribution in [0.4, 0.5) is 18.9 Å². The number of carbonyl (C=O) groups is 1. The molecule has 1 aliphatic carbocycles. The van der Waals surface area contributed by atoms with Crippen LogP contribution in [0, 0.1) is 6.92 Å². The third-order valence-electron chi connectivity index (χ3n) is 5.19. The molecule has 4 rings (SSSR count). The summed E-state index contributed by atoms with van der Waals surface area (Å²) in [6.45, 7) is 5.23. The summed E-state index contributed by atoms with van der Waals surface area (Å²) in [5.74, 6) is -1.01. The molecule has 1 unspecified atom stereocenters. The Morgan fingerprint density at radius 3 is 2.69 bits per heavy atom. The molecule has 152 valence electrons. The van der Waals surface area contributed by atoms with Crippen molar-refractivity contribution in [2.45, 2.75) is 44.7 Å². The number of carbonyl (C=O) groups excluding carboxylic acids is 1. The fourth-order valence-electron chi connectivity index (χ4n) is 3.92. The number of alkyl halides is 3. The number of aryl methyl sites for hydroxylation is 1. The standard InChI is InChI=1S/C19H17ClF3N5O/c1-9-13(19(21,22)23)4-10(7-24-9)26-17(29)11-6-18(2,3)16-12(11)8-25-15-5-14(20)27-28(15)16/h4-5,7-8,11H,6H2,1-3H3,(H,26,29). The Bertz CT molecular complexity index is 1140. The predicted molar refractivity (Wildman–Crippen MR) is 101 cm³/mol. The van der Waals surface area contributed by atoms with Gasteiger partial charge in [-0.2, -0.15) is 18.3 Å². The molecule has 0 fully saturated rings. The van der Waals surface area contributed by atoms with E-state index >= 15 is 0 Å². The van der Waals surface area contributed by atoms with Gasteiger partial charge in [-0.3, -0.25) is 9.78 Å². The van der Waals surface area contributed by atoms with E-state index in [1.807, 2.05) is 13.8 Å². The smallest absolute Gasteiger partial charge is 0.324 e. The molecule has 1 N–H and O–H groups in total. The molecule has 3 heterocycles. The number of amides is 1. The van der Waals surface area contributed by atoms with Gasteiger partial charge in [0, 0.05) is 28.9 Å². The zero-order chi connectivity index (χ0) is 21.1. The van der Waals surface area contributed by atoms with Gasteiger partial charge in [-0.05, 0) is 19.4 Å². The van der Waals surface area contributed by atoms with Crippen molar-refractivity contribution in [2.24, 2.45) is 0 Å². The average Bonchev–Trinajstić information content (AvgIpc) is 3.11. The monoisotopic (exact) mass is 423 g/mol. The van der Waals surface area contributed by atoms with E-state index in [9.17, 15) is 18.0 Å². The van der Waals surface area contributed by atoms with E-state index in [-0.39, 0.29) is 11.4 Å². The first-order valence-corrected chi connectivity index (χ1v) is 9.24. The van der Waals surface area contributed by atoms with Crippen LogP contribution >= 0.6 is 11.6 Å². The van der Waals surface area contributed by atoms with E-state index in [2.05, 4.69) is 20.4 Å². The molecule has 0 aromatic carbocycles. The van der Waals surface area contributed by atoms with E-state index in [0.717, 1.165) is 11.8 Å². The number of pyridine rings is 1. The fraction of sp³-hybridized carbons (Fsp3) is 0.368. The SMILES string of the molecule is Cc1ncc(NC(=O)C2CC(C)(C)c3c2cnc2cc(Cl)nn32)cc1C(F)(F)F. The molecule has 0 saturated heterocycles. The molecular weight excluding hydrogens is 407 g/mol. The number of rotatable bonds is 2. The lowest BCUT2D eigenvalue weighted by Crippen LogP contribution is -2.22. The zero-order valence-electron chi connectivity index (χ0n) is 15.8. The van der Waals surface area contributed by atoms with Crippen LogP contribution in [-0.4, -0.2) is 25.5 Å². The van der Waals surface area contributed by atoms with Gasteiger partial charge in [-0.1, -0.05) is 25.4 Å². The summed E-state index contributed by atoms with van der Waals surface area (Å²) >= 11 is 6.00. The number of nitrogens with zero attached hydrogens (tertiary/aromatic N) is 4. The number of aromatic nitrogens is 4. The van der Waals surface area contributed by atoms with Crippen LogP contribution in [0.3, 0.4) is 0 Å². The minimum absolute atomic E-state index is 0.00430. The van der Waals surface area contributed by atoms with Crippen molar-refractivity contribution >= 4 is 28.8 Å². The Balaban J connectivity index is 1.69. The number of hydrogen-bond acceptors (Lipinski definition) is 4. The van der Waals surface area contributed by atoms with E-state index in [0.29, 0.717) is 22.8 Å². The van der Waals surface area contributed by atoms with Crippen molar-refractivity contribution in [3.05, 3.63) is 52.2 Å². The van der Waals surface area contributed by atoms with Gasteiger partial charge in [0.2, 0.25) is 5.91 Å². The first kappa shape index (κ1) is 19.6. The molecule has 0 saturated carbocycles. The average molecular weight is 424 g/mol. The molecule has 0 radical (unpaired) electrons. The van der Waals surface area contributed by atoms with Crippen molar-refractivity contribution in [3.63, 3.8) is 0 Å². The lowest BCUT2D eigenvalue weighted by molar-refractivity contribution is -0.138. The second-order valence-corrected chi connectivity index (χ2v) is 8.17. The van der Waals surface area contributed by atoms with Crippen molar-refractivity contribution < 1.29 is 18.0 Å². The van der Waals surface area contributed by atoms with Gasteiger partial charge in [0.15, 0.2) is 10.8 Å². The molecule has 1 amide bonds. The topological polar surface area (TPSA) is 72.2 Å². The van der Waals surface area contributed by atoms with Crippen LogP contribution in [0.15, 0.2) is 24.5 Å². The Labute approximate surface area is 169 Å². The van der Waals surface area contributed by atoms with Crippen molar-refractivity contribution in [2.75, 3.05) is 5.32 Å². The van der Waals surface area contributed by atoms with Gasteiger partial charge < -0.3 is 5.32 Å². The summed E-state index contributed by atoms with van der Waals surface area (Å²) in [4.78, 5) is 21.0. The van der Waals surface area contributed by atoms with Gasteiger partial charge in [-0.25, -0.2) is 9.50 Å². The molecular formula is C19H17ClF3N5O. The lowest BCUT2D eigenvalue weighted by atomic mass is 9.88. The van der Waals surface area contributed by atoms with Gasteiger partial charge in [0.05, 0.1) is 29.1 Å². The molecule has 0 bridgehead atoms. The first-order chi connectivity index (χ1) is 13.5. The molecule has 6 nitrogen and oxygen atoms in total. The molecule has 1 atom stereocenters. The van der Waals surface area contributed by atoms with Crippen LogP contribution in [0.5, 0.6) is 0 Å². The maximum atomic E-state index is 13.1. The van der Waals surface area contributed by atoms with Gasteiger partial charge in [-0.15, -0.1) is 0 Å². The number of halogens is 4. The number of nitrogens with one attached hydrogen (secondary N) is 1. The minimum Gasteiger partial charge on any atom is -0.324 e. The Hall–Kier alpha value is -2.68. The van der Waals surface area contributed by atoms with Gasteiger partial charge >= 0.3 is 6.18 Å². The highest BCUT2D eigenvalue weighted by Crippen LogP contribution is 2.46. The van der Waals surface area contributed by atoms with Crippen LogP contribution < -0.4 is 5.32 Å². The minimum atomic E-state index is -4.55. The second kappa shape index (κ2) is 6.41. The highest BCUT2D eigenvalue weighted by molar-refractivity contribution is 6.29. The van der Waals surface area contributed by atoms with Crippen LogP contribution in [-0.2, 0) is 16.4 Å². The molecule has 1 aliphatic rings. The van der Waals surface area contributed by atoms with Gasteiger partial charge in [0.25, 0.3) is 0 Å². The normalized spacial score (nSPS) is 18.1. The quantitative estimate of drug-likeness (QED) is 0.658. The van der Waals surface area contributed by atoms with E-state index in [4.69, 9.17) is 11.6 Å². The van der Waals surface area contributed by atoms with Crippen molar-refractivity contribution in [1.29, 1.82) is 0 Å². The molecule has 3 aromatic rings. The van der Waals surface area contributed by atoms with Crippen molar-refractivity contribution in [1.82, 2.24) is 19.6 Å². The van der Waals surface area contributed by atoms with Crippen molar-refractivity contribution in [3.8, 4) is 0 Å². The summed E-state index contributed by atoms with van der Waals surface area (Å²) in [6, 6.07) is 2.53. The maximum absolute atomic E-state index is 13.1. The number of anilines is 1. The molecule has 0 spiro atoms. The summed E-state index contributed by atoms with van der Waals surface area (Å²) < 4.78 is 41.0. The zero-order valence-corrected chi connectivity index (χ0v) is 16.6. The maximum Gasteiger partial charge on any atom is 0.418 e. The van der Waals surface area contributed by atoms with Crippen LogP contribution in [0.25, 0.3) is 5.65 Å². The summed E-state index contributed by atoms with van der Waals surface area (Å²) in [6.07, 6.45) is -1.26. The number of hydrogen-bond donors (Lipinski definition) is 1. The molecule has 0 aliphatic heterocycles. The summed E-state index contributed by atoms with van der Waals surface area (Å²) in [5, 5.41) is 7.12. The highest BCUT2D eigenvalue weighted by atomic mass is 35.5. The van der Waals surface area contributed by atoms with E-state index < -0.39 is 29.0 Å². The number of fused-ring (bicyclic) bond motifs is 3. The molecule has 29 heavy (non-hydrogen) atoms. The molecule has 10 heteroatoms. The second-order valence-electron chi connectivity index (χ2n) is 7.78.